The number of nitrogens with zero attached hydrogens (tertiary/aromatic N) is 2. The zero-order valence-electron chi connectivity index (χ0n) is 9.43. The molecule has 0 aliphatic rings. The summed E-state index contributed by atoms with van der Waals surface area (Å²) in [6.45, 7) is 3.38. The molecule has 2 aromatic heterocycles. The summed E-state index contributed by atoms with van der Waals surface area (Å²) < 4.78 is 0. The zero-order valence-corrected chi connectivity index (χ0v) is 12.0. The molecule has 1 N–H and O–H groups in total. The van der Waals surface area contributed by atoms with Crippen LogP contribution in [0.1, 0.15) is 22.3 Å². The molecule has 90 valence electrons. The molecule has 0 spiro atoms. The SMILES string of the molecule is Br.CC(=O)c1sc(Nc2ccccn2)nc1C. The molecule has 0 bridgehead atoms. The minimum atomic E-state index is 0. The molecule has 0 unspecified atom stereocenters. The average Bonchev–Trinajstić information content (AvgIpc) is 2.61. The molecule has 0 saturated carbocycles. The van der Waals surface area contributed by atoms with E-state index in [1.165, 1.54) is 11.3 Å². The van der Waals surface area contributed by atoms with Crippen LogP contribution in [-0.4, -0.2) is 15.8 Å². The van der Waals surface area contributed by atoms with Crippen molar-refractivity contribution in [3.8, 4) is 0 Å². The average molecular weight is 314 g/mol. The van der Waals surface area contributed by atoms with E-state index >= 15 is 0 Å². The molecule has 0 amide bonds. The summed E-state index contributed by atoms with van der Waals surface area (Å²) in [5, 5.41) is 3.76. The van der Waals surface area contributed by atoms with Gasteiger partial charge in [-0.2, -0.15) is 0 Å². The minimum Gasteiger partial charge on any atom is -0.316 e. The molecule has 0 saturated heterocycles. The number of anilines is 2. The van der Waals surface area contributed by atoms with Crippen molar-refractivity contribution in [3.63, 3.8) is 0 Å². The minimum absolute atomic E-state index is 0. The maximum atomic E-state index is 11.3. The Hall–Kier alpha value is -1.27. The van der Waals surface area contributed by atoms with Crippen molar-refractivity contribution in [2.24, 2.45) is 0 Å². The summed E-state index contributed by atoms with van der Waals surface area (Å²) in [6.07, 6.45) is 1.70. The van der Waals surface area contributed by atoms with Gasteiger partial charge in [0.1, 0.15) is 5.82 Å². The van der Waals surface area contributed by atoms with E-state index in [4.69, 9.17) is 0 Å². The van der Waals surface area contributed by atoms with Crippen LogP contribution in [0, 0.1) is 6.92 Å². The summed E-state index contributed by atoms with van der Waals surface area (Å²) in [6, 6.07) is 5.59. The summed E-state index contributed by atoms with van der Waals surface area (Å²) in [7, 11) is 0. The van der Waals surface area contributed by atoms with Gasteiger partial charge in [0, 0.05) is 13.1 Å². The molecule has 2 heterocycles. The monoisotopic (exact) mass is 313 g/mol. The standard InChI is InChI=1S/C11H11N3OS.BrH/c1-7-10(8(2)15)16-11(13-7)14-9-5-3-4-6-12-9;/h3-6H,1-2H3,(H,12,13,14);1H. The Morgan fingerprint density at radius 2 is 2.18 bits per heavy atom. The number of ketones is 1. The molecule has 0 fully saturated rings. The molecule has 0 radical (unpaired) electrons. The number of carbonyl (C=O) groups is 1. The molecule has 0 aromatic carbocycles. The molecule has 4 nitrogen and oxygen atoms in total. The Bertz CT molecular complexity index is 513. The van der Waals surface area contributed by atoms with E-state index in [0.29, 0.717) is 10.0 Å². The van der Waals surface area contributed by atoms with Crippen LogP contribution in [0.5, 0.6) is 0 Å². The highest BCUT2D eigenvalue weighted by atomic mass is 79.9. The Kier molecular flexibility index (Phi) is 4.77. The molecule has 2 rings (SSSR count). The van der Waals surface area contributed by atoms with Gasteiger partial charge in [0.15, 0.2) is 10.9 Å². The molecule has 17 heavy (non-hydrogen) atoms. The summed E-state index contributed by atoms with van der Waals surface area (Å²) in [5.41, 5.74) is 0.760. The second-order valence-electron chi connectivity index (χ2n) is 3.33. The van der Waals surface area contributed by atoms with Crippen LogP contribution in [0.4, 0.5) is 10.9 Å². The van der Waals surface area contributed by atoms with Gasteiger partial charge in [-0.3, -0.25) is 4.79 Å². The van der Waals surface area contributed by atoms with E-state index in [-0.39, 0.29) is 22.8 Å². The third-order valence-electron chi connectivity index (χ3n) is 2.02. The zero-order chi connectivity index (χ0) is 11.5. The van der Waals surface area contributed by atoms with Crippen LogP contribution in [0.25, 0.3) is 0 Å². The summed E-state index contributed by atoms with van der Waals surface area (Å²) in [5.74, 6) is 0.774. The number of nitrogens with one attached hydrogen (secondary N) is 1. The second kappa shape index (κ2) is 5.88. The smallest absolute Gasteiger partial charge is 0.189 e. The van der Waals surface area contributed by atoms with Gasteiger partial charge in [-0.25, -0.2) is 9.97 Å². The van der Waals surface area contributed by atoms with E-state index in [9.17, 15) is 4.79 Å². The number of aryl methyl sites for hydroxylation is 1. The predicted molar refractivity (Wildman–Crippen MR) is 74.7 cm³/mol. The third kappa shape index (κ3) is 3.34. The fourth-order valence-electron chi connectivity index (χ4n) is 1.32. The summed E-state index contributed by atoms with van der Waals surface area (Å²) >= 11 is 1.35. The van der Waals surface area contributed by atoms with Gasteiger partial charge in [0.25, 0.3) is 0 Å². The fourth-order valence-corrected chi connectivity index (χ4v) is 2.19. The van der Waals surface area contributed by atoms with Crippen LogP contribution in [0.2, 0.25) is 0 Å². The highest BCUT2D eigenvalue weighted by molar-refractivity contribution is 8.93. The number of pyridine rings is 1. The Balaban J connectivity index is 0.00000144. The molecule has 0 aliphatic heterocycles. The van der Waals surface area contributed by atoms with Gasteiger partial charge >= 0.3 is 0 Å². The molecule has 0 aliphatic carbocycles. The van der Waals surface area contributed by atoms with Crippen molar-refractivity contribution in [1.82, 2.24) is 9.97 Å². The fraction of sp³-hybridized carbons (Fsp3) is 0.182. The number of aromatic nitrogens is 2. The van der Waals surface area contributed by atoms with E-state index in [2.05, 4.69) is 15.3 Å². The van der Waals surface area contributed by atoms with Crippen LogP contribution in [0.3, 0.4) is 0 Å². The first-order valence-corrected chi connectivity index (χ1v) is 5.65. The predicted octanol–water partition coefficient (Wildman–Crippen LogP) is 3.37. The molecular weight excluding hydrogens is 302 g/mol. The lowest BCUT2D eigenvalue weighted by atomic mass is 10.3. The Labute approximate surface area is 114 Å². The van der Waals surface area contributed by atoms with E-state index < -0.39 is 0 Å². The van der Waals surface area contributed by atoms with Crippen LogP contribution in [0.15, 0.2) is 24.4 Å². The maximum absolute atomic E-state index is 11.3. The second-order valence-corrected chi connectivity index (χ2v) is 4.33. The van der Waals surface area contributed by atoms with Crippen LogP contribution in [-0.2, 0) is 0 Å². The van der Waals surface area contributed by atoms with Crippen molar-refractivity contribution in [2.45, 2.75) is 13.8 Å². The van der Waals surface area contributed by atoms with Crippen molar-refractivity contribution in [2.75, 3.05) is 5.32 Å². The van der Waals surface area contributed by atoms with E-state index in [1.807, 2.05) is 25.1 Å². The van der Waals surface area contributed by atoms with E-state index in [1.54, 1.807) is 13.1 Å². The van der Waals surface area contributed by atoms with Crippen LogP contribution < -0.4 is 5.32 Å². The number of hydrogen-bond donors (Lipinski definition) is 1. The lowest BCUT2D eigenvalue weighted by molar-refractivity contribution is 0.102. The summed E-state index contributed by atoms with van der Waals surface area (Å²) in [4.78, 5) is 20.4. The number of thiazole rings is 1. The first-order chi connectivity index (χ1) is 7.66. The number of carbonyl (C=O) groups excluding carboxylic acids is 1. The van der Waals surface area contributed by atoms with Gasteiger partial charge in [-0.15, -0.1) is 17.0 Å². The maximum Gasteiger partial charge on any atom is 0.189 e. The largest absolute Gasteiger partial charge is 0.316 e. The van der Waals surface area contributed by atoms with Crippen molar-refractivity contribution < 1.29 is 4.79 Å². The molecule has 2 aromatic rings. The number of Topliss-reactive ketones (excluding diaryl/α,β-unsaturated/α-hetero) is 1. The van der Waals surface area contributed by atoms with Gasteiger partial charge in [0.2, 0.25) is 0 Å². The number of rotatable bonds is 3. The van der Waals surface area contributed by atoms with Crippen molar-refractivity contribution in [1.29, 1.82) is 0 Å². The highest BCUT2D eigenvalue weighted by Gasteiger charge is 2.11. The first kappa shape index (κ1) is 13.8. The van der Waals surface area contributed by atoms with Gasteiger partial charge in [0.05, 0.1) is 10.6 Å². The topological polar surface area (TPSA) is 54.9 Å². The van der Waals surface area contributed by atoms with Crippen molar-refractivity contribution >= 4 is 45.1 Å². The molecule has 0 atom stereocenters. The lowest BCUT2D eigenvalue weighted by Crippen LogP contribution is -1.91. The van der Waals surface area contributed by atoms with E-state index in [0.717, 1.165) is 11.5 Å². The van der Waals surface area contributed by atoms with Crippen LogP contribution >= 0.6 is 28.3 Å². The highest BCUT2D eigenvalue weighted by Crippen LogP contribution is 2.25. The number of hydrogen-bond acceptors (Lipinski definition) is 5. The number of halogens is 1. The first-order valence-electron chi connectivity index (χ1n) is 4.83. The molecule has 6 heteroatoms. The Morgan fingerprint density at radius 1 is 1.41 bits per heavy atom. The van der Waals surface area contributed by atoms with Crippen molar-refractivity contribution in [3.05, 3.63) is 35.0 Å². The van der Waals surface area contributed by atoms with Gasteiger partial charge in [-0.05, 0) is 19.1 Å². The van der Waals surface area contributed by atoms with Gasteiger partial charge in [-0.1, -0.05) is 17.4 Å². The molecular formula is C11H12BrN3OS. The lowest BCUT2D eigenvalue weighted by Gasteiger charge is -1.98. The Morgan fingerprint density at radius 3 is 2.71 bits per heavy atom. The van der Waals surface area contributed by atoms with Gasteiger partial charge < -0.3 is 5.32 Å². The quantitative estimate of drug-likeness (QED) is 0.883. The third-order valence-corrected chi connectivity index (χ3v) is 3.19. The normalized spacial score (nSPS) is 9.53.